The first kappa shape index (κ1) is 23.1. The Hall–Kier alpha value is -4.05. The van der Waals surface area contributed by atoms with Crippen LogP contribution in [0.15, 0.2) is 69.6 Å². The minimum Gasteiger partial charge on any atom is -0.497 e. The third kappa shape index (κ3) is 4.27. The molecule has 0 saturated carbocycles. The molecule has 10 heteroatoms. The molecule has 0 aliphatic carbocycles. The Morgan fingerprint density at radius 2 is 2.00 bits per heavy atom. The van der Waals surface area contributed by atoms with Gasteiger partial charge in [0.05, 0.1) is 40.5 Å². The number of hydrogen-bond acceptors (Lipinski definition) is 8. The summed E-state index contributed by atoms with van der Waals surface area (Å²) in [5.41, 5.74) is 1.52. The minimum absolute atomic E-state index is 0.0712. The predicted molar refractivity (Wildman–Crippen MR) is 126 cm³/mol. The molecule has 1 aromatic heterocycles. The molecule has 4 rings (SSSR count). The van der Waals surface area contributed by atoms with Crippen LogP contribution in [0.5, 0.6) is 5.75 Å². The molecule has 2 heterocycles. The van der Waals surface area contributed by atoms with Crippen LogP contribution in [0, 0.1) is 10.1 Å². The summed E-state index contributed by atoms with van der Waals surface area (Å²) < 4.78 is 12.3. The Bertz CT molecular complexity index is 1480. The zero-order valence-corrected chi connectivity index (χ0v) is 19.5. The highest BCUT2D eigenvalue weighted by molar-refractivity contribution is 7.07. The lowest BCUT2D eigenvalue weighted by molar-refractivity contribution is -0.384. The molecule has 174 valence electrons. The number of hydrogen-bond donors (Lipinski definition) is 0. The molecule has 1 aliphatic rings. The van der Waals surface area contributed by atoms with Crippen molar-refractivity contribution in [3.63, 3.8) is 0 Å². The van der Waals surface area contributed by atoms with Gasteiger partial charge in [-0.05, 0) is 43.2 Å². The van der Waals surface area contributed by atoms with Crippen molar-refractivity contribution >= 4 is 29.1 Å². The maximum absolute atomic E-state index is 13.5. The predicted octanol–water partition coefficient (Wildman–Crippen LogP) is 2.72. The number of allylic oxidation sites excluding steroid dienone is 1. The second kappa shape index (κ2) is 9.44. The van der Waals surface area contributed by atoms with Crippen LogP contribution in [-0.2, 0) is 9.53 Å². The number of aromatic nitrogens is 1. The summed E-state index contributed by atoms with van der Waals surface area (Å²) >= 11 is 1.16. The van der Waals surface area contributed by atoms with Crippen LogP contribution >= 0.6 is 11.3 Å². The molecule has 34 heavy (non-hydrogen) atoms. The fourth-order valence-electron chi connectivity index (χ4n) is 3.77. The van der Waals surface area contributed by atoms with Crippen molar-refractivity contribution in [3.05, 3.63) is 101 Å². The van der Waals surface area contributed by atoms with E-state index in [1.54, 1.807) is 63.4 Å². The van der Waals surface area contributed by atoms with E-state index in [0.29, 0.717) is 31.9 Å². The molecule has 2 aromatic carbocycles. The van der Waals surface area contributed by atoms with Crippen molar-refractivity contribution in [3.8, 4) is 5.75 Å². The largest absolute Gasteiger partial charge is 0.497 e. The first-order valence-electron chi connectivity index (χ1n) is 10.4. The lowest BCUT2D eigenvalue weighted by atomic mass is 9.96. The summed E-state index contributed by atoms with van der Waals surface area (Å²) in [7, 11) is 1.56. The van der Waals surface area contributed by atoms with Crippen LogP contribution < -0.4 is 19.6 Å². The number of nitrogens with zero attached hydrogens (tertiary/aromatic N) is 3. The van der Waals surface area contributed by atoms with Gasteiger partial charge in [-0.25, -0.2) is 9.79 Å². The van der Waals surface area contributed by atoms with Crippen molar-refractivity contribution in [2.75, 3.05) is 13.7 Å². The molecule has 0 N–H and O–H groups in total. The van der Waals surface area contributed by atoms with Gasteiger partial charge in [0.2, 0.25) is 0 Å². The van der Waals surface area contributed by atoms with Crippen LogP contribution in [-0.4, -0.2) is 29.2 Å². The molecular weight excluding hydrogens is 458 g/mol. The summed E-state index contributed by atoms with van der Waals surface area (Å²) in [5, 5.41) is 11.1. The van der Waals surface area contributed by atoms with Gasteiger partial charge in [-0.15, -0.1) is 0 Å². The van der Waals surface area contributed by atoms with Gasteiger partial charge in [-0.3, -0.25) is 19.5 Å². The van der Waals surface area contributed by atoms with Gasteiger partial charge in [0.15, 0.2) is 4.80 Å². The standard InChI is InChI=1S/C24H21N3O6S/c1-4-33-23(29)20-14(2)25-24-26(21(20)16-8-10-18(32-3)11-9-16)22(28)19(34-24)13-15-6-5-7-17(12-15)27(30)31/h5-13,21H,4H2,1-3H3. The number of carbonyl (C=O) groups is 1. The normalized spacial score (nSPS) is 15.5. The van der Waals surface area contributed by atoms with Crippen LogP contribution in [0.3, 0.4) is 0 Å². The van der Waals surface area contributed by atoms with Gasteiger partial charge >= 0.3 is 5.97 Å². The van der Waals surface area contributed by atoms with E-state index in [9.17, 15) is 19.7 Å². The number of nitro benzene ring substituents is 1. The number of fused-ring (bicyclic) bond motifs is 1. The number of non-ortho nitro benzene ring substituents is 1. The van der Waals surface area contributed by atoms with Crippen molar-refractivity contribution in [2.24, 2.45) is 4.99 Å². The maximum atomic E-state index is 13.5. The maximum Gasteiger partial charge on any atom is 0.338 e. The van der Waals surface area contributed by atoms with E-state index < -0.39 is 16.9 Å². The number of ether oxygens (including phenoxy) is 2. The molecule has 1 aliphatic heterocycles. The Kier molecular flexibility index (Phi) is 6.42. The van der Waals surface area contributed by atoms with Gasteiger partial charge in [-0.1, -0.05) is 35.6 Å². The second-order valence-electron chi connectivity index (χ2n) is 7.43. The second-order valence-corrected chi connectivity index (χ2v) is 8.44. The first-order chi connectivity index (χ1) is 16.3. The zero-order valence-electron chi connectivity index (χ0n) is 18.7. The monoisotopic (exact) mass is 479 g/mol. The summed E-state index contributed by atoms with van der Waals surface area (Å²) in [4.78, 5) is 42.0. The molecule has 3 aromatic rings. The summed E-state index contributed by atoms with van der Waals surface area (Å²) in [6.07, 6.45) is 1.59. The fourth-order valence-corrected chi connectivity index (χ4v) is 4.82. The molecule has 0 fully saturated rings. The van der Waals surface area contributed by atoms with E-state index in [1.165, 1.54) is 16.7 Å². The molecule has 0 bridgehead atoms. The van der Waals surface area contributed by atoms with E-state index in [-0.39, 0.29) is 23.4 Å². The highest BCUT2D eigenvalue weighted by atomic mass is 32.1. The van der Waals surface area contributed by atoms with Crippen LogP contribution in [0.4, 0.5) is 5.69 Å². The quantitative estimate of drug-likeness (QED) is 0.305. The highest BCUT2D eigenvalue weighted by Gasteiger charge is 2.33. The molecule has 0 amide bonds. The number of methoxy groups -OCH3 is 1. The van der Waals surface area contributed by atoms with Crippen LogP contribution in [0.25, 0.3) is 6.08 Å². The third-order valence-electron chi connectivity index (χ3n) is 5.33. The summed E-state index contributed by atoms with van der Waals surface area (Å²) in [6, 6.07) is 12.4. The molecule has 0 spiro atoms. The van der Waals surface area contributed by atoms with Gasteiger partial charge in [-0.2, -0.15) is 0 Å². The number of nitro groups is 1. The average Bonchev–Trinajstić information content (AvgIpc) is 3.12. The van der Waals surface area contributed by atoms with E-state index in [4.69, 9.17) is 9.47 Å². The Labute approximate surface area is 198 Å². The Balaban J connectivity index is 1.93. The Morgan fingerprint density at radius 3 is 2.65 bits per heavy atom. The molecule has 0 radical (unpaired) electrons. The number of carbonyl (C=O) groups excluding carboxylic acids is 1. The van der Waals surface area contributed by atoms with Crippen LogP contribution in [0.2, 0.25) is 0 Å². The van der Waals surface area contributed by atoms with Gasteiger partial charge in [0, 0.05) is 12.1 Å². The number of rotatable bonds is 6. The highest BCUT2D eigenvalue weighted by Crippen LogP contribution is 2.31. The fraction of sp³-hybridized carbons (Fsp3) is 0.208. The number of benzene rings is 2. The van der Waals surface area contributed by atoms with Gasteiger partial charge in [0.25, 0.3) is 11.2 Å². The summed E-state index contributed by atoms with van der Waals surface area (Å²) in [6.45, 7) is 3.60. The molecule has 9 nitrogen and oxygen atoms in total. The van der Waals surface area contributed by atoms with E-state index in [2.05, 4.69) is 4.99 Å². The molecule has 1 unspecified atom stereocenters. The smallest absolute Gasteiger partial charge is 0.338 e. The van der Waals surface area contributed by atoms with E-state index >= 15 is 0 Å². The van der Waals surface area contributed by atoms with E-state index in [1.807, 2.05) is 0 Å². The Morgan fingerprint density at radius 1 is 1.26 bits per heavy atom. The summed E-state index contributed by atoms with van der Waals surface area (Å²) in [5.74, 6) is 0.0951. The third-order valence-corrected chi connectivity index (χ3v) is 6.31. The van der Waals surface area contributed by atoms with Gasteiger partial charge < -0.3 is 9.47 Å². The molecule has 0 saturated heterocycles. The van der Waals surface area contributed by atoms with Gasteiger partial charge in [0.1, 0.15) is 5.75 Å². The first-order valence-corrected chi connectivity index (χ1v) is 11.2. The number of thiazole rings is 1. The minimum atomic E-state index is -0.742. The van der Waals surface area contributed by atoms with Crippen molar-refractivity contribution in [2.45, 2.75) is 19.9 Å². The lowest BCUT2D eigenvalue weighted by Crippen LogP contribution is -2.39. The number of esters is 1. The average molecular weight is 480 g/mol. The zero-order chi connectivity index (χ0) is 24.4. The SMILES string of the molecule is CCOC(=O)C1=C(C)N=c2sc(=Cc3cccc([N+](=O)[O-])c3)c(=O)n2C1c1ccc(OC)cc1. The topological polar surface area (TPSA) is 113 Å². The lowest BCUT2D eigenvalue weighted by Gasteiger charge is -2.24. The molecular formula is C24H21N3O6S. The molecule has 1 atom stereocenters. The van der Waals surface area contributed by atoms with Crippen molar-refractivity contribution in [1.82, 2.24) is 4.57 Å². The van der Waals surface area contributed by atoms with Crippen molar-refractivity contribution in [1.29, 1.82) is 0 Å². The van der Waals surface area contributed by atoms with Crippen LogP contribution in [0.1, 0.15) is 31.0 Å². The van der Waals surface area contributed by atoms with E-state index in [0.717, 1.165) is 11.3 Å². The van der Waals surface area contributed by atoms with Crippen molar-refractivity contribution < 1.29 is 19.2 Å².